The fourth-order valence-electron chi connectivity index (χ4n) is 4.27. The van der Waals surface area contributed by atoms with Gasteiger partial charge in [-0.2, -0.15) is 8.42 Å². The smallest absolute Gasteiger partial charge is 0.294 e. The first-order chi connectivity index (χ1) is 16.1. The van der Waals surface area contributed by atoms with Crippen LogP contribution in [0.4, 0.5) is 4.39 Å². The molecule has 1 amide bonds. The fourth-order valence-corrected chi connectivity index (χ4v) is 4.79. The van der Waals surface area contributed by atoms with E-state index in [-0.39, 0.29) is 35.3 Å². The zero-order chi connectivity index (χ0) is 24.5. The fraction of sp³-hybridized carbons (Fsp3) is 0.320. The van der Waals surface area contributed by atoms with Gasteiger partial charge in [-0.1, -0.05) is 24.3 Å². The van der Waals surface area contributed by atoms with Gasteiger partial charge in [0.1, 0.15) is 11.6 Å². The van der Waals surface area contributed by atoms with Crippen molar-refractivity contribution in [2.24, 2.45) is 0 Å². The number of ether oxygens (including phenoxy) is 1. The number of amides is 1. The van der Waals surface area contributed by atoms with Crippen LogP contribution < -0.4 is 4.74 Å². The molecule has 3 aromatic rings. The lowest BCUT2D eigenvalue weighted by molar-refractivity contribution is -0.139. The highest BCUT2D eigenvalue weighted by Gasteiger charge is 2.32. The zero-order valence-electron chi connectivity index (χ0n) is 19.0. The van der Waals surface area contributed by atoms with Crippen molar-refractivity contribution in [3.05, 3.63) is 72.0 Å². The quantitative estimate of drug-likeness (QED) is 0.535. The predicted molar refractivity (Wildman–Crippen MR) is 127 cm³/mol. The van der Waals surface area contributed by atoms with Crippen molar-refractivity contribution >= 4 is 26.8 Å². The summed E-state index contributed by atoms with van der Waals surface area (Å²) in [6.45, 7) is 5.94. The minimum absolute atomic E-state index is 0.00297. The number of carbonyl (C=O) groups is 1. The van der Waals surface area contributed by atoms with Gasteiger partial charge < -0.3 is 9.64 Å². The monoisotopic (exact) mass is 486 g/mol. The van der Waals surface area contributed by atoms with Crippen LogP contribution in [0.1, 0.15) is 19.4 Å². The molecule has 2 atom stereocenters. The summed E-state index contributed by atoms with van der Waals surface area (Å²) < 4.78 is 50.7. The summed E-state index contributed by atoms with van der Waals surface area (Å²) in [4.78, 5) is 16.8. The van der Waals surface area contributed by atoms with Crippen molar-refractivity contribution in [3.63, 3.8) is 0 Å². The van der Waals surface area contributed by atoms with Gasteiger partial charge in [-0.25, -0.2) is 4.39 Å². The van der Waals surface area contributed by atoms with Gasteiger partial charge >= 0.3 is 0 Å². The van der Waals surface area contributed by atoms with Crippen molar-refractivity contribution in [1.82, 2.24) is 9.80 Å². The lowest BCUT2D eigenvalue weighted by atomic mass is 10.1. The van der Waals surface area contributed by atoms with Gasteiger partial charge in [-0.3, -0.25) is 14.2 Å². The van der Waals surface area contributed by atoms with Gasteiger partial charge in [0, 0.05) is 31.7 Å². The summed E-state index contributed by atoms with van der Waals surface area (Å²) in [5, 5.41) is 1.36. The molecule has 1 saturated heterocycles. The molecule has 180 valence electrons. The van der Waals surface area contributed by atoms with E-state index in [0.717, 1.165) is 10.9 Å². The lowest BCUT2D eigenvalue weighted by Gasteiger charge is -2.44. The van der Waals surface area contributed by atoms with E-state index in [0.29, 0.717) is 30.8 Å². The Bertz CT molecular complexity index is 1300. The SMILES string of the molecule is C[C@@H]1CN(Cc2ccc(F)cc2)[C@@H](C)CN1C(=O)COc1ccc2cc(S(=O)(=O)O)ccc2c1. The zero-order valence-corrected chi connectivity index (χ0v) is 19.8. The number of fused-ring (bicyclic) bond motifs is 1. The van der Waals surface area contributed by atoms with Crippen molar-refractivity contribution in [2.75, 3.05) is 19.7 Å². The summed E-state index contributed by atoms with van der Waals surface area (Å²) in [6, 6.07) is 16.0. The van der Waals surface area contributed by atoms with Crippen LogP contribution in [0.15, 0.2) is 65.6 Å². The van der Waals surface area contributed by atoms with Gasteiger partial charge in [0.05, 0.1) is 4.90 Å². The topological polar surface area (TPSA) is 87.2 Å². The van der Waals surface area contributed by atoms with Crippen LogP contribution in [0.5, 0.6) is 5.75 Å². The number of hydrogen-bond donors (Lipinski definition) is 1. The van der Waals surface area contributed by atoms with Gasteiger partial charge in [-0.15, -0.1) is 0 Å². The molecule has 0 radical (unpaired) electrons. The van der Waals surface area contributed by atoms with Gasteiger partial charge in [0.25, 0.3) is 16.0 Å². The van der Waals surface area contributed by atoms with Crippen LogP contribution in [0.3, 0.4) is 0 Å². The lowest BCUT2D eigenvalue weighted by Crippen LogP contribution is -2.58. The number of carbonyl (C=O) groups excluding carboxylic acids is 1. The Hall–Kier alpha value is -3.01. The second-order valence-corrected chi connectivity index (χ2v) is 10.2. The number of halogens is 1. The average molecular weight is 487 g/mol. The summed E-state index contributed by atoms with van der Waals surface area (Å²) >= 11 is 0. The standard InChI is InChI=1S/C25H27FN2O5S/c1-17-14-28(18(2)13-27(17)15-19-3-7-22(26)8-4-19)25(29)16-33-23-9-5-21-12-24(34(30,31)32)10-6-20(21)11-23/h3-12,17-18H,13-16H2,1-2H3,(H,30,31,32)/t17-,18+/m0/s1. The molecule has 34 heavy (non-hydrogen) atoms. The molecule has 0 aliphatic carbocycles. The number of nitrogens with zero attached hydrogens (tertiary/aromatic N) is 2. The van der Waals surface area contributed by atoms with E-state index >= 15 is 0 Å². The summed E-state index contributed by atoms with van der Waals surface area (Å²) in [7, 11) is -4.27. The second-order valence-electron chi connectivity index (χ2n) is 8.73. The molecule has 0 unspecified atom stereocenters. The second kappa shape index (κ2) is 9.69. The molecule has 1 N–H and O–H groups in total. The molecule has 7 nitrogen and oxygen atoms in total. The van der Waals surface area contributed by atoms with Gasteiger partial charge in [0.15, 0.2) is 6.61 Å². The highest BCUT2D eigenvalue weighted by atomic mass is 32.2. The van der Waals surface area contributed by atoms with E-state index in [1.54, 1.807) is 36.4 Å². The van der Waals surface area contributed by atoms with Crippen LogP contribution in [0.2, 0.25) is 0 Å². The molecule has 1 heterocycles. The molecule has 4 rings (SSSR count). The van der Waals surface area contributed by atoms with Crippen LogP contribution in [0.25, 0.3) is 10.8 Å². The van der Waals surface area contributed by atoms with Crippen LogP contribution >= 0.6 is 0 Å². The molecule has 9 heteroatoms. The van der Waals surface area contributed by atoms with E-state index < -0.39 is 10.1 Å². The first kappa shape index (κ1) is 24.1. The molecule has 0 bridgehead atoms. The Morgan fingerprint density at radius 1 is 1.00 bits per heavy atom. The third-order valence-corrected chi connectivity index (χ3v) is 7.03. The highest BCUT2D eigenvalue weighted by Crippen LogP contribution is 2.24. The summed E-state index contributed by atoms with van der Waals surface area (Å²) in [5.41, 5.74) is 1.03. The number of benzene rings is 3. The van der Waals surface area contributed by atoms with Crippen molar-refractivity contribution in [1.29, 1.82) is 0 Å². The molecule has 0 saturated carbocycles. The molecule has 0 aromatic heterocycles. The third-order valence-electron chi connectivity index (χ3n) is 6.18. The Balaban J connectivity index is 1.36. The van der Waals surface area contributed by atoms with Crippen molar-refractivity contribution in [2.45, 2.75) is 37.4 Å². The van der Waals surface area contributed by atoms with E-state index in [1.807, 2.05) is 11.8 Å². The van der Waals surface area contributed by atoms with Crippen molar-refractivity contribution in [3.8, 4) is 5.75 Å². The van der Waals surface area contributed by atoms with E-state index in [4.69, 9.17) is 4.74 Å². The first-order valence-electron chi connectivity index (χ1n) is 11.0. The first-order valence-corrected chi connectivity index (χ1v) is 12.5. The van der Waals surface area contributed by atoms with Crippen molar-refractivity contribution < 1.29 is 26.9 Å². The van der Waals surface area contributed by atoms with Crippen LogP contribution in [-0.2, 0) is 21.5 Å². The normalized spacial score (nSPS) is 19.4. The van der Waals surface area contributed by atoms with Gasteiger partial charge in [-0.05, 0) is 66.6 Å². The van der Waals surface area contributed by atoms with E-state index in [9.17, 15) is 22.2 Å². The predicted octanol–water partition coefficient (Wildman–Crippen LogP) is 3.73. The summed E-state index contributed by atoms with van der Waals surface area (Å²) in [5.74, 6) is 0.133. The maximum atomic E-state index is 13.2. The Morgan fingerprint density at radius 3 is 2.38 bits per heavy atom. The molecule has 1 aliphatic heterocycles. The molecule has 1 aliphatic rings. The minimum atomic E-state index is -4.27. The third kappa shape index (κ3) is 5.55. The molecule has 0 spiro atoms. The molecular weight excluding hydrogens is 459 g/mol. The molecule has 3 aromatic carbocycles. The molecular formula is C25H27FN2O5S. The largest absolute Gasteiger partial charge is 0.484 e. The van der Waals surface area contributed by atoms with E-state index in [2.05, 4.69) is 11.8 Å². The van der Waals surface area contributed by atoms with Crippen LogP contribution in [-0.4, -0.2) is 60.5 Å². The Labute approximate surface area is 198 Å². The highest BCUT2D eigenvalue weighted by molar-refractivity contribution is 7.85. The minimum Gasteiger partial charge on any atom is -0.484 e. The number of hydrogen-bond acceptors (Lipinski definition) is 5. The van der Waals surface area contributed by atoms with Gasteiger partial charge in [0.2, 0.25) is 0 Å². The number of rotatable bonds is 6. The average Bonchev–Trinajstić information content (AvgIpc) is 2.80. The molecule has 1 fully saturated rings. The summed E-state index contributed by atoms with van der Waals surface area (Å²) in [6.07, 6.45) is 0. The maximum Gasteiger partial charge on any atom is 0.294 e. The Morgan fingerprint density at radius 2 is 1.68 bits per heavy atom. The Kier molecular flexibility index (Phi) is 6.88. The maximum absolute atomic E-state index is 13.2. The van der Waals surface area contributed by atoms with E-state index in [1.165, 1.54) is 24.3 Å². The van der Waals surface area contributed by atoms with Crippen LogP contribution in [0, 0.1) is 5.82 Å². The number of piperazine rings is 1.